The lowest BCUT2D eigenvalue weighted by atomic mass is 10.2. The molecule has 0 amide bonds. The van der Waals surface area contributed by atoms with E-state index in [4.69, 9.17) is 16.5 Å². The molecule has 2 aromatic carbocycles. The van der Waals surface area contributed by atoms with E-state index in [-0.39, 0.29) is 12.3 Å². The number of rotatable bonds is 5. The van der Waals surface area contributed by atoms with Crippen molar-refractivity contribution < 1.29 is 15.0 Å². The van der Waals surface area contributed by atoms with Crippen molar-refractivity contribution in [1.29, 1.82) is 0 Å². The fourth-order valence-corrected chi connectivity index (χ4v) is 4.56. The average Bonchev–Trinajstić information content (AvgIpc) is 3.52. The highest BCUT2D eigenvalue weighted by Gasteiger charge is 2.24. The number of piperazine rings is 1. The zero-order valence-corrected chi connectivity index (χ0v) is 19.6. The van der Waals surface area contributed by atoms with Gasteiger partial charge in [0.05, 0.1) is 24.6 Å². The second-order valence-electron chi connectivity index (χ2n) is 8.69. The summed E-state index contributed by atoms with van der Waals surface area (Å²) < 4.78 is 3.14. The van der Waals surface area contributed by atoms with Crippen molar-refractivity contribution in [2.24, 2.45) is 0 Å². The molecule has 3 aromatic heterocycles. The van der Waals surface area contributed by atoms with Crippen molar-refractivity contribution in [1.82, 2.24) is 29.3 Å². The minimum Gasteiger partial charge on any atom is -0.508 e. The third kappa shape index (κ3) is 4.02. The van der Waals surface area contributed by atoms with E-state index in [0.29, 0.717) is 41.7 Å². The maximum Gasteiger partial charge on any atom is 0.323 e. The number of carbonyl (C=O) groups is 1. The third-order valence-corrected chi connectivity index (χ3v) is 6.40. The van der Waals surface area contributed by atoms with Crippen LogP contribution in [-0.2, 0) is 11.3 Å². The molecule has 1 aliphatic rings. The van der Waals surface area contributed by atoms with Gasteiger partial charge in [0.1, 0.15) is 12.3 Å². The summed E-state index contributed by atoms with van der Waals surface area (Å²) in [5.74, 6) is 0.128. The molecule has 1 fully saturated rings. The molecule has 184 valence electrons. The van der Waals surface area contributed by atoms with E-state index in [1.54, 1.807) is 35.1 Å². The molecule has 12 heteroatoms. The van der Waals surface area contributed by atoms with Gasteiger partial charge in [-0.05, 0) is 36.4 Å². The van der Waals surface area contributed by atoms with Gasteiger partial charge in [0.25, 0.3) is 0 Å². The lowest BCUT2D eigenvalue weighted by Crippen LogP contribution is -2.47. The number of aromatic hydroxyl groups is 1. The van der Waals surface area contributed by atoms with Crippen LogP contribution in [0.25, 0.3) is 32.7 Å². The Morgan fingerprint density at radius 1 is 1.03 bits per heavy atom. The van der Waals surface area contributed by atoms with Gasteiger partial charge in [-0.15, -0.1) is 0 Å². The van der Waals surface area contributed by atoms with Gasteiger partial charge in [-0.25, -0.2) is 14.5 Å². The topological polar surface area (TPSA) is 130 Å². The molecule has 0 spiro atoms. The van der Waals surface area contributed by atoms with Gasteiger partial charge in [-0.2, -0.15) is 15.1 Å². The van der Waals surface area contributed by atoms with Gasteiger partial charge < -0.3 is 24.6 Å². The average molecular weight is 496 g/mol. The summed E-state index contributed by atoms with van der Waals surface area (Å²) in [5.41, 5.74) is 3.13. The number of carboxylic acid groups (broad SMARTS) is 1. The first-order chi connectivity index (χ1) is 18.0. The number of aromatic nitrogens is 6. The summed E-state index contributed by atoms with van der Waals surface area (Å²) in [7, 11) is 0. The molecule has 1 saturated heterocycles. The Morgan fingerprint density at radius 3 is 2.51 bits per heavy atom. The summed E-state index contributed by atoms with van der Waals surface area (Å²) in [4.78, 5) is 33.2. The monoisotopic (exact) mass is 495 g/mol. The Kier molecular flexibility index (Phi) is 5.30. The van der Waals surface area contributed by atoms with Crippen LogP contribution in [0.15, 0.2) is 55.0 Å². The highest BCUT2D eigenvalue weighted by atomic mass is 16.4. The number of carboxylic acids is 1. The van der Waals surface area contributed by atoms with E-state index in [0.717, 1.165) is 29.7 Å². The van der Waals surface area contributed by atoms with Crippen molar-refractivity contribution in [2.75, 3.05) is 36.0 Å². The quantitative estimate of drug-likeness (QED) is 0.354. The Bertz CT molecular complexity index is 1680. The predicted octanol–water partition coefficient (Wildman–Crippen LogP) is 2.83. The SMILES string of the molecule is [C-]#[N+]c1ccc2c(cnn2-c2nc(N3CCN(c4ccc(O)cc4)CC3)nc3c2ncn3CC(=O)O)c1. The van der Waals surface area contributed by atoms with Gasteiger partial charge in [0.15, 0.2) is 22.7 Å². The number of hydrogen-bond acceptors (Lipinski definition) is 8. The number of phenolic OH excluding ortho intramolecular Hbond substituents is 1. The molecule has 12 nitrogen and oxygen atoms in total. The van der Waals surface area contributed by atoms with Crippen LogP contribution in [0, 0.1) is 6.57 Å². The molecule has 1 aliphatic heterocycles. The van der Waals surface area contributed by atoms with Crippen LogP contribution in [0.5, 0.6) is 5.75 Å². The first-order valence-electron chi connectivity index (χ1n) is 11.6. The van der Waals surface area contributed by atoms with Crippen LogP contribution >= 0.6 is 0 Å². The number of fused-ring (bicyclic) bond motifs is 2. The molecule has 0 bridgehead atoms. The molecule has 2 N–H and O–H groups in total. The number of aliphatic carboxylic acids is 1. The van der Waals surface area contributed by atoms with Gasteiger partial charge >= 0.3 is 5.97 Å². The van der Waals surface area contributed by atoms with Crippen molar-refractivity contribution in [3.63, 3.8) is 0 Å². The van der Waals surface area contributed by atoms with E-state index in [2.05, 4.69) is 24.7 Å². The van der Waals surface area contributed by atoms with Crippen molar-refractivity contribution in [2.45, 2.75) is 6.54 Å². The molecule has 0 atom stereocenters. The summed E-state index contributed by atoms with van der Waals surface area (Å²) >= 11 is 0. The Labute approximate surface area is 210 Å². The van der Waals surface area contributed by atoms with Gasteiger partial charge in [0, 0.05) is 37.3 Å². The third-order valence-electron chi connectivity index (χ3n) is 6.40. The second-order valence-corrected chi connectivity index (χ2v) is 8.69. The number of nitrogens with zero attached hydrogens (tertiary/aromatic N) is 9. The standard InChI is InChI=1S/C25H21N9O3/c1-26-17-2-7-20-16(12-17)13-28-34(20)24-22-23(33(15-27-22)14-21(36)37)29-25(30-24)32-10-8-31(9-11-32)18-3-5-19(35)6-4-18/h2-7,12-13,15,35H,8-11,14H2,(H,36,37). The Hall–Kier alpha value is -5.18. The molecule has 0 unspecified atom stereocenters. The van der Waals surface area contributed by atoms with Crippen LogP contribution in [-0.4, -0.2) is 71.7 Å². The molecule has 37 heavy (non-hydrogen) atoms. The molecule has 5 aromatic rings. The van der Waals surface area contributed by atoms with Crippen LogP contribution in [0.4, 0.5) is 17.3 Å². The van der Waals surface area contributed by atoms with Gasteiger partial charge in [-0.1, -0.05) is 6.07 Å². The Balaban J connectivity index is 1.40. The van der Waals surface area contributed by atoms with Crippen LogP contribution < -0.4 is 9.80 Å². The van der Waals surface area contributed by atoms with Crippen LogP contribution in [0.3, 0.4) is 0 Å². The van der Waals surface area contributed by atoms with E-state index in [1.165, 1.54) is 10.9 Å². The Morgan fingerprint density at radius 2 is 1.78 bits per heavy atom. The zero-order valence-electron chi connectivity index (χ0n) is 19.6. The molecule has 6 rings (SSSR count). The largest absolute Gasteiger partial charge is 0.508 e. The van der Waals surface area contributed by atoms with Gasteiger partial charge in [0.2, 0.25) is 5.95 Å². The second kappa shape index (κ2) is 8.80. The molecule has 0 saturated carbocycles. The first-order valence-corrected chi connectivity index (χ1v) is 11.6. The lowest BCUT2D eigenvalue weighted by Gasteiger charge is -2.36. The molecule has 4 heterocycles. The maximum absolute atomic E-state index is 11.5. The number of anilines is 2. The zero-order chi connectivity index (χ0) is 25.5. The highest BCUT2D eigenvalue weighted by molar-refractivity contribution is 5.88. The van der Waals surface area contributed by atoms with Crippen molar-refractivity contribution >= 4 is 45.4 Å². The summed E-state index contributed by atoms with van der Waals surface area (Å²) in [6.07, 6.45) is 3.12. The summed E-state index contributed by atoms with van der Waals surface area (Å²) in [5, 5.41) is 24.3. The van der Waals surface area contributed by atoms with Crippen molar-refractivity contribution in [3.05, 3.63) is 66.4 Å². The summed E-state index contributed by atoms with van der Waals surface area (Å²) in [6, 6.07) is 12.4. The van der Waals surface area contributed by atoms with Crippen molar-refractivity contribution in [3.8, 4) is 11.6 Å². The van der Waals surface area contributed by atoms with Crippen LogP contribution in [0.1, 0.15) is 0 Å². The summed E-state index contributed by atoms with van der Waals surface area (Å²) in [6.45, 7) is 9.73. The maximum atomic E-state index is 11.5. The fraction of sp³-hybridized carbons (Fsp3) is 0.200. The van der Waals surface area contributed by atoms with E-state index in [9.17, 15) is 15.0 Å². The highest BCUT2D eigenvalue weighted by Crippen LogP contribution is 2.28. The fourth-order valence-electron chi connectivity index (χ4n) is 4.56. The normalized spacial score (nSPS) is 13.8. The first kappa shape index (κ1) is 22.3. The molecular formula is C25H21N9O3. The smallest absolute Gasteiger partial charge is 0.323 e. The number of phenols is 1. The molecular weight excluding hydrogens is 474 g/mol. The number of benzene rings is 2. The minimum absolute atomic E-state index is 0.228. The minimum atomic E-state index is -1.00. The number of hydrogen-bond donors (Lipinski definition) is 2. The van der Waals surface area contributed by atoms with Crippen LogP contribution in [0.2, 0.25) is 0 Å². The lowest BCUT2D eigenvalue weighted by molar-refractivity contribution is -0.137. The number of imidazole rings is 1. The molecule has 0 radical (unpaired) electrons. The van der Waals surface area contributed by atoms with E-state index in [1.807, 2.05) is 18.2 Å². The van der Waals surface area contributed by atoms with E-state index >= 15 is 0 Å². The predicted molar refractivity (Wildman–Crippen MR) is 136 cm³/mol. The van der Waals surface area contributed by atoms with E-state index < -0.39 is 5.97 Å². The van der Waals surface area contributed by atoms with Gasteiger partial charge in [-0.3, -0.25) is 4.79 Å². The molecule has 0 aliphatic carbocycles.